The number of thioether (sulfide) groups is 1. The van der Waals surface area contributed by atoms with E-state index in [1.54, 1.807) is 49.4 Å². The van der Waals surface area contributed by atoms with Crippen LogP contribution in [0.1, 0.15) is 12.5 Å². The maximum Gasteiger partial charge on any atom is 0.344 e. The van der Waals surface area contributed by atoms with Crippen LogP contribution in [0, 0.1) is 0 Å². The van der Waals surface area contributed by atoms with Crippen molar-refractivity contribution < 1.29 is 28.7 Å². The van der Waals surface area contributed by atoms with Gasteiger partial charge in [0.2, 0.25) is 5.91 Å². The van der Waals surface area contributed by atoms with Gasteiger partial charge in [-0.25, -0.2) is 4.79 Å². The number of amides is 3. The van der Waals surface area contributed by atoms with Crippen LogP contribution in [0.5, 0.6) is 5.75 Å². The molecule has 8 nitrogen and oxygen atoms in total. The van der Waals surface area contributed by atoms with Gasteiger partial charge in [-0.05, 0) is 67.2 Å². The van der Waals surface area contributed by atoms with Crippen molar-refractivity contribution in [2.24, 2.45) is 0 Å². The highest BCUT2D eigenvalue weighted by atomic mass is 79.9. The molecule has 0 aliphatic carbocycles. The molecule has 2 aromatic carbocycles. The number of nitrogens with one attached hydrogen (secondary N) is 1. The first-order valence-corrected chi connectivity index (χ1v) is 12.1. The zero-order valence-corrected chi connectivity index (χ0v) is 21.3. The van der Waals surface area contributed by atoms with Gasteiger partial charge >= 0.3 is 5.97 Å². The topological polar surface area (TPSA) is 102 Å². The van der Waals surface area contributed by atoms with Crippen molar-refractivity contribution in [2.75, 3.05) is 25.1 Å². The van der Waals surface area contributed by atoms with E-state index in [1.165, 1.54) is 6.08 Å². The SMILES string of the molecule is CCOC(=O)COc1ccc(Br)cc1/C=C1/SC(=O)N(CC(=O)Nc2ccc(Br)cc2)C1=O. The minimum absolute atomic E-state index is 0.135. The molecule has 172 valence electrons. The van der Waals surface area contributed by atoms with Crippen LogP contribution in [0.25, 0.3) is 6.08 Å². The zero-order chi connectivity index (χ0) is 24.0. The monoisotopic (exact) mass is 596 g/mol. The minimum atomic E-state index is -0.590. The third-order valence-electron chi connectivity index (χ3n) is 4.21. The second-order valence-corrected chi connectivity index (χ2v) is 9.42. The summed E-state index contributed by atoms with van der Waals surface area (Å²) < 4.78 is 11.9. The number of esters is 1. The summed E-state index contributed by atoms with van der Waals surface area (Å²) in [5.74, 6) is -1.27. The third kappa shape index (κ3) is 6.92. The Morgan fingerprint density at radius 1 is 1.09 bits per heavy atom. The van der Waals surface area contributed by atoms with E-state index in [9.17, 15) is 19.2 Å². The summed E-state index contributed by atoms with van der Waals surface area (Å²) in [6.45, 7) is 1.22. The molecule has 1 saturated heterocycles. The fourth-order valence-corrected chi connectivity index (χ4v) is 4.23. The molecule has 0 atom stereocenters. The van der Waals surface area contributed by atoms with Crippen molar-refractivity contribution in [1.82, 2.24) is 4.90 Å². The zero-order valence-electron chi connectivity index (χ0n) is 17.3. The summed E-state index contributed by atoms with van der Waals surface area (Å²) in [6.07, 6.45) is 1.49. The fraction of sp³-hybridized carbons (Fsp3) is 0.182. The third-order valence-corrected chi connectivity index (χ3v) is 6.14. The standard InChI is InChI=1S/C22H18Br2N2O6S/c1-2-31-20(28)12-32-17-8-5-15(24)9-13(17)10-18-21(29)26(22(30)33-18)11-19(27)25-16-6-3-14(23)4-7-16/h3-10H,2,11-12H2,1H3,(H,25,27)/b18-10+. The Morgan fingerprint density at radius 3 is 2.48 bits per heavy atom. The summed E-state index contributed by atoms with van der Waals surface area (Å²) >= 11 is 7.39. The minimum Gasteiger partial charge on any atom is -0.481 e. The number of anilines is 1. The number of halogens is 2. The highest BCUT2D eigenvalue weighted by molar-refractivity contribution is 9.10. The number of carbonyl (C=O) groups is 4. The summed E-state index contributed by atoms with van der Waals surface area (Å²) in [4.78, 5) is 50.2. The average Bonchev–Trinajstić information content (AvgIpc) is 3.02. The molecule has 3 rings (SSSR count). The number of hydrogen-bond acceptors (Lipinski definition) is 7. The highest BCUT2D eigenvalue weighted by Crippen LogP contribution is 2.35. The molecule has 1 aliphatic heterocycles. The van der Waals surface area contributed by atoms with Crippen molar-refractivity contribution in [3.8, 4) is 5.75 Å². The van der Waals surface area contributed by atoms with Crippen LogP contribution in [-0.2, 0) is 19.1 Å². The first kappa shape index (κ1) is 25.0. The molecule has 0 bridgehead atoms. The lowest BCUT2D eigenvalue weighted by atomic mass is 10.2. The van der Waals surface area contributed by atoms with Crippen molar-refractivity contribution in [3.05, 3.63) is 61.9 Å². The summed E-state index contributed by atoms with van der Waals surface area (Å²) in [6, 6.07) is 12.0. The number of imide groups is 1. The number of rotatable bonds is 8. The van der Waals surface area contributed by atoms with Crippen LogP contribution in [0.4, 0.5) is 10.5 Å². The molecule has 3 amide bonds. The van der Waals surface area contributed by atoms with E-state index in [-0.39, 0.29) is 18.1 Å². The van der Waals surface area contributed by atoms with Crippen molar-refractivity contribution in [2.45, 2.75) is 6.92 Å². The number of ether oxygens (including phenoxy) is 2. The lowest BCUT2D eigenvalue weighted by Crippen LogP contribution is -2.36. The fourth-order valence-electron chi connectivity index (χ4n) is 2.76. The normalized spacial score (nSPS) is 14.5. The number of benzene rings is 2. The Kier molecular flexibility index (Phi) is 8.70. The van der Waals surface area contributed by atoms with Crippen molar-refractivity contribution in [1.29, 1.82) is 0 Å². The summed E-state index contributed by atoms with van der Waals surface area (Å²) in [5, 5.41) is 2.10. The van der Waals surface area contributed by atoms with E-state index in [2.05, 4.69) is 37.2 Å². The average molecular weight is 598 g/mol. The van der Waals surface area contributed by atoms with Gasteiger partial charge < -0.3 is 14.8 Å². The Labute approximate surface area is 210 Å². The van der Waals surface area contributed by atoms with Crippen LogP contribution in [0.15, 0.2) is 56.3 Å². The van der Waals surface area contributed by atoms with E-state index in [4.69, 9.17) is 9.47 Å². The van der Waals surface area contributed by atoms with Crippen LogP contribution < -0.4 is 10.1 Å². The number of hydrogen-bond donors (Lipinski definition) is 1. The molecule has 0 aromatic heterocycles. The van der Waals surface area contributed by atoms with Crippen molar-refractivity contribution in [3.63, 3.8) is 0 Å². The molecular formula is C22H18Br2N2O6S. The maximum atomic E-state index is 12.8. The second kappa shape index (κ2) is 11.5. The van der Waals surface area contributed by atoms with Gasteiger partial charge in [-0.2, -0.15) is 0 Å². The second-order valence-electron chi connectivity index (χ2n) is 6.60. The van der Waals surface area contributed by atoms with Gasteiger partial charge in [-0.3, -0.25) is 19.3 Å². The molecular weight excluding hydrogens is 580 g/mol. The van der Waals surface area contributed by atoms with E-state index in [1.807, 2.05) is 0 Å². The van der Waals surface area contributed by atoms with Gasteiger partial charge in [0.1, 0.15) is 12.3 Å². The molecule has 0 spiro atoms. The molecule has 0 saturated carbocycles. The largest absolute Gasteiger partial charge is 0.481 e. The first-order chi connectivity index (χ1) is 15.8. The van der Waals surface area contributed by atoms with E-state index >= 15 is 0 Å². The molecule has 1 N–H and O–H groups in total. The van der Waals surface area contributed by atoms with Crippen LogP contribution in [0.2, 0.25) is 0 Å². The van der Waals surface area contributed by atoms with Gasteiger partial charge in [0.15, 0.2) is 6.61 Å². The molecule has 0 unspecified atom stereocenters. The van der Waals surface area contributed by atoms with Gasteiger partial charge in [-0.15, -0.1) is 0 Å². The molecule has 1 fully saturated rings. The van der Waals surface area contributed by atoms with Gasteiger partial charge in [0, 0.05) is 20.2 Å². The summed E-state index contributed by atoms with van der Waals surface area (Å²) in [5.41, 5.74) is 1.03. The van der Waals surface area contributed by atoms with Crippen LogP contribution in [-0.4, -0.2) is 47.7 Å². The van der Waals surface area contributed by atoms with E-state index in [0.717, 1.165) is 21.1 Å². The highest BCUT2D eigenvalue weighted by Gasteiger charge is 2.36. The first-order valence-electron chi connectivity index (χ1n) is 9.65. The molecule has 2 aromatic rings. The Morgan fingerprint density at radius 2 is 1.79 bits per heavy atom. The Hall–Kier alpha value is -2.63. The molecule has 0 radical (unpaired) electrons. The molecule has 11 heteroatoms. The molecule has 1 aliphatic rings. The van der Waals surface area contributed by atoms with Crippen LogP contribution in [0.3, 0.4) is 0 Å². The van der Waals surface area contributed by atoms with Gasteiger partial charge in [0.05, 0.1) is 11.5 Å². The quantitative estimate of drug-likeness (QED) is 0.343. The molecule has 33 heavy (non-hydrogen) atoms. The molecule has 1 heterocycles. The number of nitrogens with zero attached hydrogens (tertiary/aromatic N) is 1. The lowest BCUT2D eigenvalue weighted by Gasteiger charge is -2.12. The maximum absolute atomic E-state index is 12.8. The Balaban J connectivity index is 1.72. The summed E-state index contributed by atoms with van der Waals surface area (Å²) in [7, 11) is 0. The van der Waals surface area contributed by atoms with Gasteiger partial charge in [0.25, 0.3) is 11.1 Å². The Bertz CT molecular complexity index is 1120. The predicted octanol–water partition coefficient (Wildman–Crippen LogP) is 4.83. The van der Waals surface area contributed by atoms with Crippen LogP contribution >= 0.6 is 43.6 Å². The smallest absolute Gasteiger partial charge is 0.344 e. The lowest BCUT2D eigenvalue weighted by molar-refractivity contribution is -0.145. The van der Waals surface area contributed by atoms with E-state index < -0.39 is 29.6 Å². The van der Waals surface area contributed by atoms with E-state index in [0.29, 0.717) is 21.5 Å². The predicted molar refractivity (Wildman–Crippen MR) is 132 cm³/mol. The van der Waals surface area contributed by atoms with Crippen molar-refractivity contribution >= 4 is 78.4 Å². The van der Waals surface area contributed by atoms with Gasteiger partial charge in [-0.1, -0.05) is 31.9 Å². The number of carbonyl (C=O) groups excluding carboxylic acids is 4.